The van der Waals surface area contributed by atoms with E-state index in [0.717, 1.165) is 16.7 Å². The Bertz CT molecular complexity index is 1330. The van der Waals surface area contributed by atoms with E-state index in [2.05, 4.69) is 41.4 Å². The smallest absolute Gasteiger partial charge is 0.330 e. The van der Waals surface area contributed by atoms with Gasteiger partial charge in [-0.25, -0.2) is 4.79 Å². The number of hydrogen-bond acceptors (Lipinski definition) is 4. The Kier molecular flexibility index (Phi) is 6.31. The van der Waals surface area contributed by atoms with Crippen molar-refractivity contribution in [1.29, 1.82) is 0 Å². The first-order chi connectivity index (χ1) is 17.1. The maximum Gasteiger partial charge on any atom is 0.330 e. The molecule has 5 rings (SSSR count). The SMILES string of the molecule is Cc1cn([C@@H]2C=C[C@@H](COC(c3ccccc3)(c3ccccc3)c3ccccc3)O2)c(=O)[nH]c1=O. The van der Waals surface area contributed by atoms with E-state index in [0.29, 0.717) is 5.56 Å². The highest BCUT2D eigenvalue weighted by Gasteiger charge is 2.38. The minimum absolute atomic E-state index is 0.253. The van der Waals surface area contributed by atoms with Gasteiger partial charge < -0.3 is 9.47 Å². The summed E-state index contributed by atoms with van der Waals surface area (Å²) in [6, 6.07) is 30.4. The number of nitrogens with zero attached hydrogens (tertiary/aromatic N) is 1. The Balaban J connectivity index is 1.48. The van der Waals surface area contributed by atoms with Crippen molar-refractivity contribution in [3.8, 4) is 0 Å². The normalized spacial score (nSPS) is 17.5. The molecule has 6 heteroatoms. The molecule has 35 heavy (non-hydrogen) atoms. The maximum atomic E-state index is 12.3. The molecule has 1 aliphatic rings. The average molecular weight is 467 g/mol. The highest BCUT2D eigenvalue weighted by Crippen LogP contribution is 2.41. The van der Waals surface area contributed by atoms with Crippen molar-refractivity contribution < 1.29 is 9.47 Å². The second-order valence-corrected chi connectivity index (χ2v) is 8.52. The molecule has 2 atom stereocenters. The Hall–Kier alpha value is -4.00. The number of aromatic nitrogens is 2. The molecular weight excluding hydrogens is 440 g/mol. The van der Waals surface area contributed by atoms with Crippen molar-refractivity contribution in [2.24, 2.45) is 0 Å². The van der Waals surface area contributed by atoms with Crippen LogP contribution in [0, 0.1) is 6.92 Å². The van der Waals surface area contributed by atoms with Gasteiger partial charge in [0.25, 0.3) is 5.56 Å². The van der Waals surface area contributed by atoms with Crippen molar-refractivity contribution >= 4 is 0 Å². The van der Waals surface area contributed by atoms with Crippen LogP contribution in [0.4, 0.5) is 0 Å². The predicted octanol–water partition coefficient (Wildman–Crippen LogP) is 4.31. The van der Waals surface area contributed by atoms with E-state index >= 15 is 0 Å². The summed E-state index contributed by atoms with van der Waals surface area (Å²) in [5, 5.41) is 0. The molecule has 1 aliphatic heterocycles. The van der Waals surface area contributed by atoms with Gasteiger partial charge in [0, 0.05) is 11.8 Å². The molecule has 1 N–H and O–H groups in total. The van der Waals surface area contributed by atoms with Crippen molar-refractivity contribution in [2.75, 3.05) is 6.61 Å². The highest BCUT2D eigenvalue weighted by atomic mass is 16.6. The molecule has 0 fully saturated rings. The molecule has 1 aromatic heterocycles. The number of benzene rings is 3. The first-order valence-corrected chi connectivity index (χ1v) is 11.5. The quantitative estimate of drug-likeness (QED) is 0.325. The van der Waals surface area contributed by atoms with E-state index in [9.17, 15) is 9.59 Å². The lowest BCUT2D eigenvalue weighted by Gasteiger charge is -2.36. The lowest BCUT2D eigenvalue weighted by Crippen LogP contribution is -2.36. The number of H-pyrrole nitrogens is 1. The molecule has 6 nitrogen and oxygen atoms in total. The van der Waals surface area contributed by atoms with Crippen LogP contribution in [-0.2, 0) is 15.1 Å². The number of aromatic amines is 1. The molecule has 2 heterocycles. The van der Waals surface area contributed by atoms with Crippen LogP contribution in [0.15, 0.2) is 119 Å². The fraction of sp³-hybridized carbons (Fsp3) is 0.172. The Morgan fingerprint density at radius 2 is 1.34 bits per heavy atom. The standard InChI is InChI=1S/C29H26N2O4/c1-21-19-31(28(33)30-27(21)32)26-18-17-25(35-26)20-34-29(22-11-5-2-6-12-22,23-13-7-3-8-14-23)24-15-9-4-10-16-24/h2-19,25-26H,20H2,1H3,(H,30,32,33)/t25-,26-/m0/s1. The number of aryl methyl sites for hydroxylation is 1. The van der Waals surface area contributed by atoms with Gasteiger partial charge in [-0.3, -0.25) is 14.3 Å². The van der Waals surface area contributed by atoms with E-state index in [1.165, 1.54) is 10.8 Å². The van der Waals surface area contributed by atoms with Gasteiger partial charge in [-0.15, -0.1) is 0 Å². The summed E-state index contributed by atoms with van der Waals surface area (Å²) < 4.78 is 14.3. The molecule has 0 aliphatic carbocycles. The van der Waals surface area contributed by atoms with Crippen LogP contribution in [0.1, 0.15) is 28.5 Å². The Labute approximate surface area is 203 Å². The molecule has 3 aromatic carbocycles. The molecular formula is C29H26N2O4. The average Bonchev–Trinajstić information content (AvgIpc) is 3.37. The summed E-state index contributed by atoms with van der Waals surface area (Å²) in [6.45, 7) is 1.91. The highest BCUT2D eigenvalue weighted by molar-refractivity contribution is 5.47. The van der Waals surface area contributed by atoms with E-state index < -0.39 is 23.1 Å². The second kappa shape index (κ2) is 9.70. The van der Waals surface area contributed by atoms with Gasteiger partial charge >= 0.3 is 5.69 Å². The number of rotatable bonds is 7. The van der Waals surface area contributed by atoms with Crippen molar-refractivity contribution in [3.63, 3.8) is 0 Å². The summed E-state index contributed by atoms with van der Waals surface area (Å²) in [4.78, 5) is 26.4. The second-order valence-electron chi connectivity index (χ2n) is 8.52. The number of ether oxygens (including phenoxy) is 2. The zero-order valence-electron chi connectivity index (χ0n) is 19.3. The number of nitrogens with one attached hydrogen (secondary N) is 1. The monoisotopic (exact) mass is 466 g/mol. The molecule has 4 aromatic rings. The van der Waals surface area contributed by atoms with Crippen molar-refractivity contribution in [3.05, 3.63) is 152 Å². The van der Waals surface area contributed by atoms with E-state index in [1.54, 1.807) is 6.92 Å². The zero-order chi connectivity index (χ0) is 24.3. The maximum absolute atomic E-state index is 12.3. The lowest BCUT2D eigenvalue weighted by atomic mass is 9.80. The molecule has 0 radical (unpaired) electrons. The molecule has 176 valence electrons. The lowest BCUT2D eigenvalue weighted by molar-refractivity contribution is -0.0685. The summed E-state index contributed by atoms with van der Waals surface area (Å²) in [6.07, 6.45) is 4.22. The van der Waals surface area contributed by atoms with Crippen LogP contribution in [0.2, 0.25) is 0 Å². The summed E-state index contributed by atoms with van der Waals surface area (Å²) in [5.41, 5.74) is 1.69. The van der Waals surface area contributed by atoms with E-state index in [4.69, 9.17) is 9.47 Å². The third-order valence-electron chi connectivity index (χ3n) is 6.23. The van der Waals surface area contributed by atoms with Gasteiger partial charge in [-0.2, -0.15) is 0 Å². The Morgan fingerprint density at radius 1 is 0.829 bits per heavy atom. The van der Waals surface area contributed by atoms with Crippen LogP contribution in [0.5, 0.6) is 0 Å². The van der Waals surface area contributed by atoms with Gasteiger partial charge in [0.05, 0.1) is 6.61 Å². The minimum Gasteiger partial charge on any atom is -0.358 e. The molecule has 0 bridgehead atoms. The van der Waals surface area contributed by atoms with Gasteiger partial charge in [-0.1, -0.05) is 97.1 Å². The van der Waals surface area contributed by atoms with Gasteiger partial charge in [0.2, 0.25) is 0 Å². The first-order valence-electron chi connectivity index (χ1n) is 11.5. The van der Waals surface area contributed by atoms with Crippen LogP contribution >= 0.6 is 0 Å². The summed E-state index contributed by atoms with van der Waals surface area (Å²) in [5.74, 6) is 0. The zero-order valence-corrected chi connectivity index (χ0v) is 19.3. The third kappa shape index (κ3) is 4.41. The molecule has 0 saturated carbocycles. The summed E-state index contributed by atoms with van der Waals surface area (Å²) in [7, 11) is 0. The van der Waals surface area contributed by atoms with Gasteiger partial charge in [0.15, 0.2) is 6.23 Å². The van der Waals surface area contributed by atoms with Gasteiger partial charge in [0.1, 0.15) is 11.7 Å². The fourth-order valence-electron chi connectivity index (χ4n) is 4.49. The van der Waals surface area contributed by atoms with Crippen LogP contribution in [0.25, 0.3) is 0 Å². The van der Waals surface area contributed by atoms with E-state index in [1.807, 2.05) is 66.7 Å². The topological polar surface area (TPSA) is 73.3 Å². The van der Waals surface area contributed by atoms with Crippen LogP contribution < -0.4 is 11.2 Å². The predicted molar refractivity (Wildman–Crippen MR) is 134 cm³/mol. The minimum atomic E-state index is -0.857. The Morgan fingerprint density at radius 3 is 1.86 bits per heavy atom. The van der Waals surface area contributed by atoms with Crippen LogP contribution in [0.3, 0.4) is 0 Å². The molecule has 0 amide bonds. The molecule has 0 unspecified atom stereocenters. The van der Waals surface area contributed by atoms with E-state index in [-0.39, 0.29) is 12.7 Å². The summed E-state index contributed by atoms with van der Waals surface area (Å²) >= 11 is 0. The largest absolute Gasteiger partial charge is 0.358 e. The van der Waals surface area contributed by atoms with Crippen molar-refractivity contribution in [2.45, 2.75) is 24.9 Å². The molecule has 0 saturated heterocycles. The third-order valence-corrected chi connectivity index (χ3v) is 6.23. The van der Waals surface area contributed by atoms with Crippen molar-refractivity contribution in [1.82, 2.24) is 9.55 Å². The van der Waals surface area contributed by atoms with Gasteiger partial charge in [-0.05, 0) is 29.7 Å². The van der Waals surface area contributed by atoms with Crippen LogP contribution in [-0.4, -0.2) is 22.3 Å². The first kappa shape index (κ1) is 22.8. The molecule has 0 spiro atoms. The number of hydrogen-bond donors (Lipinski definition) is 1. The fourth-order valence-corrected chi connectivity index (χ4v) is 4.49.